The lowest BCUT2D eigenvalue weighted by Gasteiger charge is -2.06. The first-order valence-corrected chi connectivity index (χ1v) is 7.20. The molecule has 0 fully saturated rings. The Morgan fingerprint density at radius 1 is 0.944 bits per heavy atom. The zero-order valence-corrected chi connectivity index (χ0v) is 11.9. The molecule has 0 atom stereocenters. The predicted octanol–water partition coefficient (Wildman–Crippen LogP) is 4.78. The smallest absolute Gasteiger partial charge is 0.0696 e. The lowest BCUT2D eigenvalue weighted by Crippen LogP contribution is -1.86. The van der Waals surface area contributed by atoms with E-state index in [0.29, 0.717) is 5.02 Å². The van der Waals surface area contributed by atoms with Gasteiger partial charge in [-0.05, 0) is 29.3 Å². The van der Waals surface area contributed by atoms with Crippen molar-refractivity contribution in [3.05, 3.63) is 63.6 Å². The van der Waals surface area contributed by atoms with Gasteiger partial charge in [0.25, 0.3) is 0 Å². The second-order valence-corrected chi connectivity index (χ2v) is 5.65. The number of aliphatic hydroxyl groups excluding tert-OH is 1. The largest absolute Gasteiger partial charge is 0.392 e. The number of benzene rings is 2. The van der Waals surface area contributed by atoms with E-state index in [4.69, 9.17) is 28.3 Å². The Hall–Kier alpha value is -0.670. The highest BCUT2D eigenvalue weighted by molar-refractivity contribution is 7.98. The fraction of sp³-hybridized carbons (Fsp3) is 0.143. The molecular weight excluding hydrogens is 287 g/mol. The molecule has 0 bridgehead atoms. The van der Waals surface area contributed by atoms with E-state index in [2.05, 4.69) is 0 Å². The molecule has 2 aromatic carbocycles. The van der Waals surface area contributed by atoms with Crippen molar-refractivity contribution in [2.24, 2.45) is 0 Å². The minimum atomic E-state index is -0.0334. The van der Waals surface area contributed by atoms with Crippen LogP contribution in [0.15, 0.2) is 47.4 Å². The summed E-state index contributed by atoms with van der Waals surface area (Å²) >= 11 is 13.8. The number of halogens is 2. The highest BCUT2D eigenvalue weighted by atomic mass is 35.5. The molecule has 2 aromatic rings. The van der Waals surface area contributed by atoms with Crippen molar-refractivity contribution in [3.8, 4) is 0 Å². The van der Waals surface area contributed by atoms with Crippen molar-refractivity contribution in [2.75, 3.05) is 0 Å². The van der Waals surface area contributed by atoms with E-state index in [9.17, 15) is 0 Å². The summed E-state index contributed by atoms with van der Waals surface area (Å²) < 4.78 is 0. The van der Waals surface area contributed by atoms with E-state index < -0.39 is 0 Å². The van der Waals surface area contributed by atoms with Gasteiger partial charge in [0.2, 0.25) is 0 Å². The van der Waals surface area contributed by atoms with E-state index in [0.717, 1.165) is 26.8 Å². The van der Waals surface area contributed by atoms with Crippen LogP contribution < -0.4 is 0 Å². The van der Waals surface area contributed by atoms with Gasteiger partial charge in [-0.1, -0.05) is 47.5 Å². The number of hydrogen-bond acceptors (Lipinski definition) is 2. The molecule has 0 aliphatic carbocycles. The molecule has 0 saturated heterocycles. The Balaban J connectivity index is 2.07. The lowest BCUT2D eigenvalue weighted by molar-refractivity contribution is 0.282. The third-order valence-corrected chi connectivity index (χ3v) is 4.31. The Morgan fingerprint density at radius 2 is 1.72 bits per heavy atom. The molecule has 0 heterocycles. The maximum absolute atomic E-state index is 9.04. The van der Waals surface area contributed by atoms with Crippen LogP contribution in [-0.4, -0.2) is 5.11 Å². The summed E-state index contributed by atoms with van der Waals surface area (Å²) in [6.45, 7) is -0.0334. The molecule has 2 rings (SSSR count). The first kappa shape index (κ1) is 13.8. The van der Waals surface area contributed by atoms with Gasteiger partial charge in [-0.25, -0.2) is 0 Å². The summed E-state index contributed by atoms with van der Waals surface area (Å²) in [6, 6.07) is 13.5. The van der Waals surface area contributed by atoms with Gasteiger partial charge in [0.05, 0.1) is 6.61 Å². The second-order valence-electron chi connectivity index (χ2n) is 3.79. The standard InChI is InChI=1S/C14H12Cl2OS/c15-13-4-2-1-3-11(13)9-18-12-6-5-10(8-17)14(16)7-12/h1-7,17H,8-9H2. The first-order chi connectivity index (χ1) is 8.70. The fourth-order valence-corrected chi connectivity index (χ4v) is 3.05. The van der Waals surface area contributed by atoms with Crippen LogP contribution >= 0.6 is 35.0 Å². The highest BCUT2D eigenvalue weighted by Crippen LogP contribution is 2.29. The minimum absolute atomic E-state index is 0.0334. The fourth-order valence-electron chi connectivity index (χ4n) is 1.52. The van der Waals surface area contributed by atoms with Crippen molar-refractivity contribution in [1.82, 2.24) is 0 Å². The Morgan fingerprint density at radius 3 is 2.39 bits per heavy atom. The second kappa shape index (κ2) is 6.48. The topological polar surface area (TPSA) is 20.2 Å². The SMILES string of the molecule is OCc1ccc(SCc2ccccc2Cl)cc1Cl. The molecule has 0 radical (unpaired) electrons. The normalized spacial score (nSPS) is 10.6. The minimum Gasteiger partial charge on any atom is -0.392 e. The maximum atomic E-state index is 9.04. The van der Waals surface area contributed by atoms with Gasteiger partial charge in [-0.15, -0.1) is 11.8 Å². The molecule has 0 aromatic heterocycles. The van der Waals surface area contributed by atoms with Gasteiger partial charge >= 0.3 is 0 Å². The van der Waals surface area contributed by atoms with Crippen molar-refractivity contribution < 1.29 is 5.11 Å². The van der Waals surface area contributed by atoms with Crippen LogP contribution in [0.4, 0.5) is 0 Å². The number of thioether (sulfide) groups is 1. The van der Waals surface area contributed by atoms with Gasteiger partial charge in [-0.2, -0.15) is 0 Å². The third kappa shape index (κ3) is 3.42. The molecule has 0 unspecified atom stereocenters. The summed E-state index contributed by atoms with van der Waals surface area (Å²) in [5.41, 5.74) is 1.85. The average Bonchev–Trinajstić information content (AvgIpc) is 2.38. The van der Waals surface area contributed by atoms with E-state index >= 15 is 0 Å². The first-order valence-electron chi connectivity index (χ1n) is 5.46. The van der Waals surface area contributed by atoms with Gasteiger partial charge in [0.1, 0.15) is 0 Å². The van der Waals surface area contributed by atoms with Crippen LogP contribution in [0.5, 0.6) is 0 Å². The molecule has 0 saturated carbocycles. The van der Waals surface area contributed by atoms with E-state index in [-0.39, 0.29) is 6.61 Å². The highest BCUT2D eigenvalue weighted by Gasteiger charge is 2.03. The molecule has 4 heteroatoms. The van der Waals surface area contributed by atoms with E-state index in [1.807, 2.05) is 42.5 Å². The quantitative estimate of drug-likeness (QED) is 0.820. The van der Waals surface area contributed by atoms with Gasteiger partial charge in [0, 0.05) is 20.7 Å². The van der Waals surface area contributed by atoms with Crippen LogP contribution in [0, 0.1) is 0 Å². The number of hydrogen-bond donors (Lipinski definition) is 1. The maximum Gasteiger partial charge on any atom is 0.0696 e. The monoisotopic (exact) mass is 298 g/mol. The summed E-state index contributed by atoms with van der Waals surface area (Å²) in [5, 5.41) is 10.4. The molecule has 18 heavy (non-hydrogen) atoms. The summed E-state index contributed by atoms with van der Waals surface area (Å²) in [7, 11) is 0. The van der Waals surface area contributed by atoms with E-state index in [1.165, 1.54) is 0 Å². The van der Waals surface area contributed by atoms with Crippen molar-refractivity contribution in [2.45, 2.75) is 17.3 Å². The number of aliphatic hydroxyl groups is 1. The van der Waals surface area contributed by atoms with Crippen LogP contribution in [0.25, 0.3) is 0 Å². The molecule has 0 spiro atoms. The molecule has 94 valence electrons. The van der Waals surface area contributed by atoms with Gasteiger partial charge in [0.15, 0.2) is 0 Å². The Labute approximate surface area is 121 Å². The van der Waals surface area contributed by atoms with Crippen LogP contribution in [-0.2, 0) is 12.4 Å². The van der Waals surface area contributed by atoms with Gasteiger partial charge in [-0.3, -0.25) is 0 Å². The Kier molecular flexibility index (Phi) is 4.95. The third-order valence-electron chi connectivity index (χ3n) is 2.55. The molecular formula is C14H12Cl2OS. The molecule has 0 aliphatic rings. The van der Waals surface area contributed by atoms with Crippen LogP contribution in [0.3, 0.4) is 0 Å². The number of rotatable bonds is 4. The average molecular weight is 299 g/mol. The predicted molar refractivity (Wildman–Crippen MR) is 78.4 cm³/mol. The van der Waals surface area contributed by atoms with Crippen molar-refractivity contribution >= 4 is 35.0 Å². The van der Waals surface area contributed by atoms with Gasteiger partial charge < -0.3 is 5.11 Å². The van der Waals surface area contributed by atoms with Crippen molar-refractivity contribution in [3.63, 3.8) is 0 Å². The zero-order valence-electron chi connectivity index (χ0n) is 9.57. The molecule has 1 N–H and O–H groups in total. The summed E-state index contributed by atoms with van der Waals surface area (Å²) in [4.78, 5) is 1.07. The van der Waals surface area contributed by atoms with Crippen molar-refractivity contribution in [1.29, 1.82) is 0 Å². The lowest BCUT2D eigenvalue weighted by atomic mass is 10.2. The summed E-state index contributed by atoms with van der Waals surface area (Å²) in [5.74, 6) is 0.800. The van der Waals surface area contributed by atoms with Crippen LogP contribution in [0.2, 0.25) is 10.0 Å². The Bertz CT molecular complexity index is 543. The molecule has 0 amide bonds. The summed E-state index contributed by atoms with van der Waals surface area (Å²) in [6.07, 6.45) is 0. The van der Waals surface area contributed by atoms with Crippen LogP contribution in [0.1, 0.15) is 11.1 Å². The molecule has 0 aliphatic heterocycles. The van der Waals surface area contributed by atoms with E-state index in [1.54, 1.807) is 11.8 Å². The zero-order chi connectivity index (χ0) is 13.0. The molecule has 1 nitrogen and oxygen atoms in total.